The van der Waals surface area contributed by atoms with Crippen LogP contribution in [0.5, 0.6) is 0 Å². The molecule has 1 aliphatic heterocycles. The molecule has 1 aliphatic rings. The van der Waals surface area contributed by atoms with Gasteiger partial charge in [-0.2, -0.15) is 0 Å². The molecular weight excluding hydrogens is 262 g/mol. The Morgan fingerprint density at radius 3 is 2.52 bits per heavy atom. The summed E-state index contributed by atoms with van der Waals surface area (Å²) in [4.78, 5) is 16.7. The fourth-order valence-electron chi connectivity index (χ4n) is 3.06. The molecule has 2 rings (SSSR count). The average Bonchev–Trinajstić information content (AvgIpc) is 2.51. The third kappa shape index (κ3) is 4.55. The molecule has 0 radical (unpaired) electrons. The van der Waals surface area contributed by atoms with Gasteiger partial charge in [0, 0.05) is 12.2 Å². The number of carbonyl (C=O) groups excluding carboxylic acids is 1. The molecule has 1 fully saturated rings. The lowest BCUT2D eigenvalue weighted by molar-refractivity contribution is -0.120. The lowest BCUT2D eigenvalue weighted by Gasteiger charge is -2.32. The van der Waals surface area contributed by atoms with Crippen molar-refractivity contribution < 1.29 is 4.79 Å². The Morgan fingerprint density at radius 1 is 1.29 bits per heavy atom. The Kier molecular flexibility index (Phi) is 6.21. The number of hydrogen-bond donors (Lipinski definition) is 1. The van der Waals surface area contributed by atoms with E-state index in [2.05, 4.69) is 4.90 Å². The van der Waals surface area contributed by atoms with E-state index in [-0.39, 0.29) is 5.91 Å². The Labute approximate surface area is 127 Å². The van der Waals surface area contributed by atoms with Crippen molar-refractivity contribution in [1.29, 1.82) is 0 Å². The second kappa shape index (κ2) is 8.15. The van der Waals surface area contributed by atoms with Gasteiger partial charge < -0.3 is 10.6 Å². The average molecular weight is 289 g/mol. The molecule has 1 aromatic carbocycles. The fourth-order valence-corrected chi connectivity index (χ4v) is 3.06. The lowest BCUT2D eigenvalue weighted by atomic mass is 9.94. The molecular formula is C17H27N3O. The van der Waals surface area contributed by atoms with Crippen molar-refractivity contribution in [2.45, 2.75) is 26.2 Å². The van der Waals surface area contributed by atoms with Gasteiger partial charge in [-0.15, -0.1) is 0 Å². The van der Waals surface area contributed by atoms with Crippen LogP contribution in [-0.4, -0.2) is 43.5 Å². The summed E-state index contributed by atoms with van der Waals surface area (Å²) in [6.45, 7) is 6.08. The normalized spacial score (nSPS) is 16.9. The molecule has 1 aromatic rings. The second-order valence-corrected chi connectivity index (χ2v) is 5.77. The highest BCUT2D eigenvalue weighted by molar-refractivity contribution is 5.94. The molecule has 0 spiro atoms. The predicted molar refractivity (Wildman–Crippen MR) is 87.3 cm³/mol. The van der Waals surface area contributed by atoms with E-state index >= 15 is 0 Å². The quantitative estimate of drug-likeness (QED) is 0.872. The van der Waals surface area contributed by atoms with Crippen LogP contribution < -0.4 is 10.6 Å². The van der Waals surface area contributed by atoms with Crippen LogP contribution in [0.1, 0.15) is 26.2 Å². The number of hydrogen-bond acceptors (Lipinski definition) is 3. The van der Waals surface area contributed by atoms with Crippen LogP contribution in [0.25, 0.3) is 0 Å². The number of piperidine rings is 1. The minimum Gasteiger partial charge on any atom is -0.330 e. The van der Waals surface area contributed by atoms with E-state index in [4.69, 9.17) is 5.73 Å². The number of para-hydroxylation sites is 1. The van der Waals surface area contributed by atoms with Crippen LogP contribution in [0.15, 0.2) is 30.3 Å². The standard InChI is InChI=1S/C17H27N3O/c1-2-20(16-6-4-3-5-7-16)17(21)14-19-12-9-15(8-11-18)10-13-19/h3-7,15H,2,8-14,18H2,1H3. The monoisotopic (exact) mass is 289 g/mol. The first-order valence-corrected chi connectivity index (χ1v) is 8.02. The predicted octanol–water partition coefficient (Wildman–Crippen LogP) is 2.10. The number of likely N-dealkylation sites (N-methyl/N-ethyl adjacent to an activating group) is 1. The maximum atomic E-state index is 12.5. The number of anilines is 1. The molecule has 1 saturated heterocycles. The van der Waals surface area contributed by atoms with Crippen LogP contribution in [0.2, 0.25) is 0 Å². The van der Waals surface area contributed by atoms with E-state index in [1.807, 2.05) is 42.2 Å². The van der Waals surface area contributed by atoms with Gasteiger partial charge in [0.2, 0.25) is 5.91 Å². The summed E-state index contributed by atoms with van der Waals surface area (Å²) in [6, 6.07) is 9.92. The van der Waals surface area contributed by atoms with E-state index in [1.54, 1.807) is 0 Å². The van der Waals surface area contributed by atoms with Gasteiger partial charge in [-0.1, -0.05) is 18.2 Å². The van der Waals surface area contributed by atoms with Crippen molar-refractivity contribution in [2.75, 3.05) is 37.6 Å². The number of nitrogens with zero attached hydrogens (tertiary/aromatic N) is 2. The molecule has 0 saturated carbocycles. The SMILES string of the molecule is CCN(C(=O)CN1CCC(CCN)CC1)c1ccccc1. The largest absolute Gasteiger partial charge is 0.330 e. The first kappa shape index (κ1) is 16.0. The molecule has 4 nitrogen and oxygen atoms in total. The third-order valence-electron chi connectivity index (χ3n) is 4.33. The van der Waals surface area contributed by atoms with Crippen LogP contribution in [0.3, 0.4) is 0 Å². The van der Waals surface area contributed by atoms with E-state index in [9.17, 15) is 4.79 Å². The summed E-state index contributed by atoms with van der Waals surface area (Å²) in [5.74, 6) is 0.943. The molecule has 0 bridgehead atoms. The molecule has 0 aromatic heterocycles. The zero-order valence-electron chi connectivity index (χ0n) is 13.0. The smallest absolute Gasteiger partial charge is 0.241 e. The van der Waals surface area contributed by atoms with Crippen LogP contribution in [-0.2, 0) is 4.79 Å². The highest BCUT2D eigenvalue weighted by Crippen LogP contribution is 2.20. The van der Waals surface area contributed by atoms with Crippen LogP contribution in [0.4, 0.5) is 5.69 Å². The van der Waals surface area contributed by atoms with E-state index in [0.29, 0.717) is 13.1 Å². The maximum absolute atomic E-state index is 12.5. The summed E-state index contributed by atoms with van der Waals surface area (Å²) >= 11 is 0. The summed E-state index contributed by atoms with van der Waals surface area (Å²) in [6.07, 6.45) is 3.46. The van der Waals surface area contributed by atoms with Gasteiger partial charge in [0.25, 0.3) is 0 Å². The van der Waals surface area contributed by atoms with Gasteiger partial charge >= 0.3 is 0 Å². The molecule has 0 unspecified atom stereocenters. The Morgan fingerprint density at radius 2 is 1.95 bits per heavy atom. The Bertz CT molecular complexity index is 427. The molecule has 0 atom stereocenters. The molecule has 0 aliphatic carbocycles. The minimum absolute atomic E-state index is 0.195. The van der Waals surface area contributed by atoms with Crippen molar-refractivity contribution >= 4 is 11.6 Å². The number of rotatable bonds is 6. The van der Waals surface area contributed by atoms with Crippen molar-refractivity contribution in [1.82, 2.24) is 4.90 Å². The van der Waals surface area contributed by atoms with E-state index in [0.717, 1.165) is 37.7 Å². The van der Waals surface area contributed by atoms with E-state index in [1.165, 1.54) is 12.8 Å². The first-order valence-electron chi connectivity index (χ1n) is 8.02. The highest BCUT2D eigenvalue weighted by atomic mass is 16.2. The number of benzene rings is 1. The second-order valence-electron chi connectivity index (χ2n) is 5.77. The van der Waals surface area contributed by atoms with Gasteiger partial charge in [-0.25, -0.2) is 0 Å². The Hall–Kier alpha value is -1.39. The van der Waals surface area contributed by atoms with Crippen molar-refractivity contribution in [3.8, 4) is 0 Å². The first-order chi connectivity index (χ1) is 10.2. The zero-order valence-corrected chi connectivity index (χ0v) is 13.0. The molecule has 1 heterocycles. The summed E-state index contributed by atoms with van der Waals surface area (Å²) in [5, 5.41) is 0. The molecule has 21 heavy (non-hydrogen) atoms. The van der Waals surface area contributed by atoms with Crippen molar-refractivity contribution in [2.24, 2.45) is 11.7 Å². The zero-order chi connectivity index (χ0) is 15.1. The number of carbonyl (C=O) groups is 1. The van der Waals surface area contributed by atoms with Gasteiger partial charge in [0.15, 0.2) is 0 Å². The highest BCUT2D eigenvalue weighted by Gasteiger charge is 2.22. The van der Waals surface area contributed by atoms with Gasteiger partial charge in [-0.05, 0) is 63.9 Å². The summed E-state index contributed by atoms with van der Waals surface area (Å²) < 4.78 is 0. The minimum atomic E-state index is 0.195. The van der Waals surface area contributed by atoms with Gasteiger partial charge in [-0.3, -0.25) is 9.69 Å². The molecule has 1 amide bonds. The third-order valence-corrected chi connectivity index (χ3v) is 4.33. The topological polar surface area (TPSA) is 49.6 Å². The number of nitrogens with two attached hydrogens (primary N) is 1. The summed E-state index contributed by atoms with van der Waals surface area (Å²) in [5.41, 5.74) is 6.61. The van der Waals surface area contributed by atoms with Crippen molar-refractivity contribution in [3.63, 3.8) is 0 Å². The lowest BCUT2D eigenvalue weighted by Crippen LogP contribution is -2.43. The van der Waals surface area contributed by atoms with Crippen LogP contribution in [0, 0.1) is 5.92 Å². The van der Waals surface area contributed by atoms with Gasteiger partial charge in [0.05, 0.1) is 6.54 Å². The van der Waals surface area contributed by atoms with Gasteiger partial charge in [0.1, 0.15) is 0 Å². The Balaban J connectivity index is 1.86. The number of likely N-dealkylation sites (tertiary alicyclic amines) is 1. The van der Waals surface area contributed by atoms with E-state index < -0.39 is 0 Å². The summed E-state index contributed by atoms with van der Waals surface area (Å²) in [7, 11) is 0. The fraction of sp³-hybridized carbons (Fsp3) is 0.588. The number of amides is 1. The van der Waals surface area contributed by atoms with Crippen molar-refractivity contribution in [3.05, 3.63) is 30.3 Å². The molecule has 2 N–H and O–H groups in total. The van der Waals surface area contributed by atoms with Crippen LogP contribution >= 0.6 is 0 Å². The molecule has 116 valence electrons. The molecule has 4 heteroatoms. The maximum Gasteiger partial charge on any atom is 0.241 e.